The molecule has 166 valence electrons. The van der Waals surface area contributed by atoms with Crippen LogP contribution in [0.3, 0.4) is 0 Å². The lowest BCUT2D eigenvalue weighted by molar-refractivity contribution is -0.841. The summed E-state index contributed by atoms with van der Waals surface area (Å²) >= 11 is 0. The van der Waals surface area contributed by atoms with Crippen LogP contribution in [0.4, 0.5) is 5.69 Å². The van der Waals surface area contributed by atoms with Crippen molar-refractivity contribution in [3.63, 3.8) is 0 Å². The molecule has 0 radical (unpaired) electrons. The van der Waals surface area contributed by atoms with Gasteiger partial charge in [0.25, 0.3) is 0 Å². The first-order valence-corrected chi connectivity index (χ1v) is 12.7. The van der Waals surface area contributed by atoms with E-state index in [9.17, 15) is 13.0 Å². The molecule has 1 aliphatic rings. The highest BCUT2D eigenvalue weighted by Crippen LogP contribution is 2.18. The van der Waals surface area contributed by atoms with E-state index >= 15 is 0 Å². The van der Waals surface area contributed by atoms with Crippen molar-refractivity contribution >= 4 is 21.9 Å². The Labute approximate surface area is 182 Å². The lowest BCUT2D eigenvalue weighted by Crippen LogP contribution is -3.07. The molecule has 0 spiro atoms. The molecule has 1 heterocycles. The van der Waals surface area contributed by atoms with Gasteiger partial charge in [0.1, 0.15) is 6.54 Å². The van der Waals surface area contributed by atoms with Crippen LogP contribution < -0.4 is 9.80 Å². The van der Waals surface area contributed by atoms with Crippen LogP contribution in [0.25, 0.3) is 6.08 Å². The second kappa shape index (κ2) is 12.7. The Hall–Kier alpha value is -1.89. The molecule has 1 aromatic rings. The predicted molar refractivity (Wildman–Crippen MR) is 125 cm³/mol. The molecule has 30 heavy (non-hydrogen) atoms. The first kappa shape index (κ1) is 24.4. The van der Waals surface area contributed by atoms with E-state index in [0.29, 0.717) is 13.0 Å². The van der Waals surface area contributed by atoms with Crippen LogP contribution in [-0.4, -0.2) is 44.9 Å². The molecule has 0 aromatic heterocycles. The molecular formula is C24H36N2O3S. The minimum absolute atomic E-state index is 0.287. The molecule has 6 heteroatoms. The topological polar surface area (TPSA) is 64.9 Å². The highest BCUT2D eigenvalue weighted by Gasteiger charge is 2.09. The monoisotopic (exact) mass is 432 g/mol. The fraction of sp³-hybridized carbons (Fsp3) is 0.500. The SMILES string of the molecule is CCCCN(CCCC)c1ccc(/C=C/C2=CC[NH+](CCCS(=O)(=O)[O-])C=C2)cc1. The molecule has 0 saturated carbocycles. The second-order valence-electron chi connectivity index (χ2n) is 7.88. The summed E-state index contributed by atoms with van der Waals surface area (Å²) < 4.78 is 32.1. The molecule has 1 aromatic carbocycles. The number of rotatable bonds is 13. The number of unbranched alkanes of at least 4 members (excludes halogenated alkanes) is 2. The Kier molecular flexibility index (Phi) is 10.3. The molecule has 1 N–H and O–H groups in total. The zero-order valence-electron chi connectivity index (χ0n) is 18.3. The quantitative estimate of drug-likeness (QED) is 0.485. The molecule has 0 fully saturated rings. The molecule has 1 atom stereocenters. The van der Waals surface area contributed by atoms with E-state index in [4.69, 9.17) is 0 Å². The van der Waals surface area contributed by atoms with E-state index in [1.165, 1.54) is 41.8 Å². The third-order valence-electron chi connectivity index (χ3n) is 5.29. The van der Waals surface area contributed by atoms with Crippen LogP contribution in [-0.2, 0) is 10.1 Å². The maximum atomic E-state index is 10.7. The van der Waals surface area contributed by atoms with Crippen LogP contribution in [0.1, 0.15) is 51.5 Å². The van der Waals surface area contributed by atoms with Gasteiger partial charge < -0.3 is 14.4 Å². The highest BCUT2D eigenvalue weighted by atomic mass is 32.2. The molecule has 0 bridgehead atoms. The number of nitrogens with one attached hydrogen (secondary N) is 1. The van der Waals surface area contributed by atoms with Crippen molar-refractivity contribution in [2.24, 2.45) is 0 Å². The second-order valence-corrected chi connectivity index (χ2v) is 9.41. The van der Waals surface area contributed by atoms with Gasteiger partial charge in [-0.1, -0.05) is 51.0 Å². The zero-order valence-corrected chi connectivity index (χ0v) is 19.2. The lowest BCUT2D eigenvalue weighted by Gasteiger charge is -2.24. The summed E-state index contributed by atoms with van der Waals surface area (Å²) in [7, 11) is -4.11. The zero-order chi connectivity index (χ0) is 21.8. The van der Waals surface area contributed by atoms with Gasteiger partial charge in [-0.05, 0) is 48.3 Å². The van der Waals surface area contributed by atoms with Gasteiger partial charge in [0, 0.05) is 31.0 Å². The van der Waals surface area contributed by atoms with Crippen LogP contribution >= 0.6 is 0 Å². The van der Waals surface area contributed by atoms with E-state index in [1.807, 2.05) is 12.3 Å². The minimum atomic E-state index is -4.11. The summed E-state index contributed by atoms with van der Waals surface area (Å²) in [6.45, 7) is 8.15. The molecule has 0 saturated heterocycles. The first-order valence-electron chi connectivity index (χ1n) is 11.1. The molecular weight excluding hydrogens is 396 g/mol. The van der Waals surface area contributed by atoms with Crippen molar-refractivity contribution in [1.29, 1.82) is 0 Å². The maximum absolute atomic E-state index is 10.7. The first-order chi connectivity index (χ1) is 14.4. The number of nitrogens with zero attached hydrogens (tertiary/aromatic N) is 1. The van der Waals surface area contributed by atoms with Crippen molar-refractivity contribution in [2.45, 2.75) is 46.0 Å². The standard InChI is InChI=1S/C24H36N2O3S/c1-3-5-17-26(18-6-4-2)24-12-10-22(11-13-24)8-9-23-14-19-25(20-15-23)16-7-21-30(27,28)29/h8-15,19H,3-7,16-18,20-21H2,1-2H3,(H,27,28,29)/b9-8+. The van der Waals surface area contributed by atoms with E-state index in [0.717, 1.165) is 25.2 Å². The fourth-order valence-electron chi connectivity index (χ4n) is 3.44. The van der Waals surface area contributed by atoms with Gasteiger partial charge >= 0.3 is 0 Å². The van der Waals surface area contributed by atoms with Crippen molar-refractivity contribution in [2.75, 3.05) is 36.8 Å². The Morgan fingerprint density at radius 3 is 2.23 bits per heavy atom. The largest absolute Gasteiger partial charge is 0.748 e. The Balaban J connectivity index is 1.87. The van der Waals surface area contributed by atoms with Crippen molar-refractivity contribution in [3.05, 3.63) is 59.8 Å². The summed E-state index contributed by atoms with van der Waals surface area (Å²) in [5.41, 5.74) is 3.62. The van der Waals surface area contributed by atoms with Crippen molar-refractivity contribution in [1.82, 2.24) is 0 Å². The van der Waals surface area contributed by atoms with Gasteiger partial charge in [0.2, 0.25) is 0 Å². The number of hydrogen-bond acceptors (Lipinski definition) is 4. The van der Waals surface area contributed by atoms with Gasteiger partial charge in [-0.15, -0.1) is 0 Å². The van der Waals surface area contributed by atoms with Gasteiger partial charge in [0.05, 0.1) is 22.9 Å². The summed E-state index contributed by atoms with van der Waals surface area (Å²) in [6, 6.07) is 8.77. The Morgan fingerprint density at radius 1 is 1.03 bits per heavy atom. The van der Waals surface area contributed by atoms with E-state index in [2.05, 4.69) is 61.2 Å². The highest BCUT2D eigenvalue weighted by molar-refractivity contribution is 7.85. The summed E-state index contributed by atoms with van der Waals surface area (Å²) in [5.74, 6) is -0.287. The molecule has 1 unspecified atom stereocenters. The lowest BCUT2D eigenvalue weighted by atomic mass is 10.1. The smallest absolute Gasteiger partial charge is 0.101 e. The Bertz CT molecular complexity index is 819. The van der Waals surface area contributed by atoms with Crippen LogP contribution in [0, 0.1) is 0 Å². The number of allylic oxidation sites excluding steroid dienone is 3. The van der Waals surface area contributed by atoms with Gasteiger partial charge in [-0.25, -0.2) is 8.42 Å². The normalized spacial score (nSPS) is 16.8. The van der Waals surface area contributed by atoms with Gasteiger partial charge in [-0.3, -0.25) is 0 Å². The summed E-state index contributed by atoms with van der Waals surface area (Å²) in [6.07, 6.45) is 15.7. The van der Waals surface area contributed by atoms with E-state index < -0.39 is 10.1 Å². The van der Waals surface area contributed by atoms with Gasteiger partial charge in [-0.2, -0.15) is 0 Å². The number of hydrogen-bond donors (Lipinski definition) is 1. The molecule has 1 aliphatic heterocycles. The summed E-state index contributed by atoms with van der Waals surface area (Å²) in [5, 5.41) is 0. The van der Waals surface area contributed by atoms with Crippen LogP contribution in [0.15, 0.2) is 54.3 Å². The van der Waals surface area contributed by atoms with E-state index in [-0.39, 0.29) is 5.75 Å². The van der Waals surface area contributed by atoms with Crippen LogP contribution in [0.5, 0.6) is 0 Å². The maximum Gasteiger partial charge on any atom is 0.101 e. The van der Waals surface area contributed by atoms with Gasteiger partial charge in [0.15, 0.2) is 0 Å². The minimum Gasteiger partial charge on any atom is -0.748 e. The average Bonchev–Trinajstić information content (AvgIpc) is 2.73. The number of quaternary nitrogens is 1. The predicted octanol–water partition coefficient (Wildman–Crippen LogP) is 3.38. The number of anilines is 1. The third kappa shape index (κ3) is 9.28. The molecule has 0 amide bonds. The molecule has 5 nitrogen and oxygen atoms in total. The Morgan fingerprint density at radius 2 is 1.70 bits per heavy atom. The number of benzene rings is 1. The van der Waals surface area contributed by atoms with Crippen molar-refractivity contribution < 1.29 is 17.9 Å². The van der Waals surface area contributed by atoms with Crippen molar-refractivity contribution in [3.8, 4) is 0 Å². The van der Waals surface area contributed by atoms with Crippen LogP contribution in [0.2, 0.25) is 0 Å². The summed E-state index contributed by atoms with van der Waals surface area (Å²) in [4.78, 5) is 3.65. The third-order valence-corrected chi connectivity index (χ3v) is 6.08. The fourth-order valence-corrected chi connectivity index (χ4v) is 3.94. The molecule has 0 aliphatic carbocycles. The van der Waals surface area contributed by atoms with E-state index in [1.54, 1.807) is 0 Å². The average molecular weight is 433 g/mol. The molecule has 2 rings (SSSR count).